The SMILES string of the molecule is O=C(N[C@H]1CCCc2oc(-c3ccnc(C(F)(F)F)c3)nc21)c1cnn(C(F)(F)F)c1C(F)(F)F. The highest BCUT2D eigenvalue weighted by molar-refractivity contribution is 5.95. The molecule has 4 rings (SSSR count). The van der Waals surface area contributed by atoms with Crippen LogP contribution in [0.15, 0.2) is 28.9 Å². The summed E-state index contributed by atoms with van der Waals surface area (Å²) in [5, 5.41) is 4.86. The third-order valence-electron chi connectivity index (χ3n) is 5.08. The molecule has 0 aromatic carbocycles. The van der Waals surface area contributed by atoms with Gasteiger partial charge in [0.15, 0.2) is 5.69 Å². The zero-order valence-electron chi connectivity index (χ0n) is 17.0. The molecular formula is C19H12F9N5O2. The van der Waals surface area contributed by atoms with Crippen molar-refractivity contribution in [1.29, 1.82) is 0 Å². The van der Waals surface area contributed by atoms with E-state index in [1.165, 1.54) is 6.07 Å². The fraction of sp³-hybridized carbons (Fsp3) is 0.368. The lowest BCUT2D eigenvalue weighted by Crippen LogP contribution is -2.33. The summed E-state index contributed by atoms with van der Waals surface area (Å²) in [4.78, 5) is 19.8. The van der Waals surface area contributed by atoms with Crippen molar-refractivity contribution in [1.82, 2.24) is 25.1 Å². The van der Waals surface area contributed by atoms with Gasteiger partial charge in [0, 0.05) is 18.2 Å². The minimum absolute atomic E-state index is 0.0433. The molecule has 0 saturated carbocycles. The van der Waals surface area contributed by atoms with Gasteiger partial charge in [0.2, 0.25) is 5.89 Å². The van der Waals surface area contributed by atoms with Crippen LogP contribution in [0.4, 0.5) is 39.5 Å². The molecule has 3 aromatic rings. The van der Waals surface area contributed by atoms with E-state index in [1.807, 2.05) is 0 Å². The minimum Gasteiger partial charge on any atom is -0.441 e. The fourth-order valence-electron chi connectivity index (χ4n) is 3.62. The molecule has 0 aliphatic heterocycles. The Morgan fingerprint density at radius 1 is 1.09 bits per heavy atom. The van der Waals surface area contributed by atoms with Crippen LogP contribution >= 0.6 is 0 Å². The van der Waals surface area contributed by atoms with Gasteiger partial charge in [-0.2, -0.15) is 36.1 Å². The molecule has 0 spiro atoms. The third kappa shape index (κ3) is 4.81. The van der Waals surface area contributed by atoms with Crippen molar-refractivity contribution >= 4 is 5.91 Å². The Hall–Kier alpha value is -3.59. The van der Waals surface area contributed by atoms with E-state index in [1.54, 1.807) is 0 Å². The highest BCUT2D eigenvalue weighted by Crippen LogP contribution is 2.38. The summed E-state index contributed by atoms with van der Waals surface area (Å²) in [5.41, 5.74) is -4.90. The number of amides is 1. The van der Waals surface area contributed by atoms with E-state index >= 15 is 0 Å². The van der Waals surface area contributed by atoms with Crippen LogP contribution in [0.1, 0.15) is 52.1 Å². The summed E-state index contributed by atoms with van der Waals surface area (Å²) in [6, 6.07) is 0.816. The third-order valence-corrected chi connectivity index (χ3v) is 5.08. The first-order valence-corrected chi connectivity index (χ1v) is 9.72. The van der Waals surface area contributed by atoms with Crippen molar-refractivity contribution in [3.05, 3.63) is 52.9 Å². The molecule has 0 fully saturated rings. The average molecular weight is 513 g/mol. The number of nitrogens with zero attached hydrogens (tertiary/aromatic N) is 4. The normalized spacial score (nSPS) is 16.8. The smallest absolute Gasteiger partial charge is 0.441 e. The van der Waals surface area contributed by atoms with Crippen LogP contribution in [0, 0.1) is 0 Å². The zero-order valence-corrected chi connectivity index (χ0v) is 17.0. The molecule has 1 aliphatic carbocycles. The van der Waals surface area contributed by atoms with Gasteiger partial charge in [-0.15, -0.1) is 13.2 Å². The monoisotopic (exact) mass is 513 g/mol. The molecule has 3 aromatic heterocycles. The van der Waals surface area contributed by atoms with Crippen molar-refractivity contribution in [2.24, 2.45) is 0 Å². The number of hydrogen-bond donors (Lipinski definition) is 1. The number of hydrogen-bond acceptors (Lipinski definition) is 5. The Bertz CT molecular complexity index is 1260. The molecule has 3 heterocycles. The highest BCUT2D eigenvalue weighted by Gasteiger charge is 2.47. The number of fused-ring (bicyclic) bond motifs is 1. The number of alkyl halides is 9. The first kappa shape index (κ1) is 24.5. The Morgan fingerprint density at radius 3 is 2.43 bits per heavy atom. The quantitative estimate of drug-likeness (QED) is 0.484. The van der Waals surface area contributed by atoms with E-state index in [9.17, 15) is 44.3 Å². The molecule has 1 atom stereocenters. The fourth-order valence-corrected chi connectivity index (χ4v) is 3.62. The molecule has 35 heavy (non-hydrogen) atoms. The summed E-state index contributed by atoms with van der Waals surface area (Å²) in [5.74, 6) is -1.56. The summed E-state index contributed by atoms with van der Waals surface area (Å²) < 4.78 is 122. The number of oxazole rings is 1. The number of carbonyl (C=O) groups is 1. The lowest BCUT2D eigenvalue weighted by molar-refractivity contribution is -0.229. The van der Waals surface area contributed by atoms with Crippen LogP contribution in [-0.4, -0.2) is 25.7 Å². The molecule has 188 valence electrons. The van der Waals surface area contributed by atoms with Crippen LogP contribution in [0.25, 0.3) is 11.5 Å². The molecule has 1 amide bonds. The maximum absolute atomic E-state index is 13.3. The van der Waals surface area contributed by atoms with Crippen LogP contribution in [0.5, 0.6) is 0 Å². The summed E-state index contributed by atoms with van der Waals surface area (Å²) in [6.07, 6.45) is -14.0. The molecule has 7 nitrogen and oxygen atoms in total. The van der Waals surface area contributed by atoms with Gasteiger partial charge >= 0.3 is 18.7 Å². The Balaban J connectivity index is 1.64. The number of nitrogens with one attached hydrogen (secondary N) is 1. The first-order valence-electron chi connectivity index (χ1n) is 9.72. The van der Waals surface area contributed by atoms with Gasteiger partial charge in [-0.05, 0) is 25.0 Å². The lowest BCUT2D eigenvalue weighted by atomic mass is 9.96. The number of halogens is 9. The molecule has 0 unspecified atom stereocenters. The van der Waals surface area contributed by atoms with Gasteiger partial charge < -0.3 is 9.73 Å². The van der Waals surface area contributed by atoms with E-state index < -0.39 is 52.2 Å². The van der Waals surface area contributed by atoms with Crippen molar-refractivity contribution in [3.8, 4) is 11.5 Å². The predicted molar refractivity (Wildman–Crippen MR) is 96.4 cm³/mol. The van der Waals surface area contributed by atoms with Gasteiger partial charge in [0.05, 0.1) is 17.8 Å². The zero-order chi connectivity index (χ0) is 25.8. The maximum atomic E-state index is 13.3. The number of carbonyl (C=O) groups excluding carboxylic acids is 1. The van der Waals surface area contributed by atoms with Crippen LogP contribution in [-0.2, 0) is 25.1 Å². The number of pyridine rings is 1. The van der Waals surface area contributed by atoms with Gasteiger partial charge in [0.25, 0.3) is 5.91 Å². The molecule has 0 saturated heterocycles. The van der Waals surface area contributed by atoms with E-state index in [2.05, 4.69) is 20.4 Å². The molecule has 1 N–H and O–H groups in total. The average Bonchev–Trinajstić information content (AvgIpc) is 3.38. The van der Waals surface area contributed by atoms with Crippen molar-refractivity contribution in [3.63, 3.8) is 0 Å². The van der Waals surface area contributed by atoms with Gasteiger partial charge in [0.1, 0.15) is 17.1 Å². The second-order valence-electron chi connectivity index (χ2n) is 7.46. The van der Waals surface area contributed by atoms with Crippen LogP contribution in [0.3, 0.4) is 0 Å². The largest absolute Gasteiger partial charge is 0.505 e. The van der Waals surface area contributed by atoms with Crippen LogP contribution < -0.4 is 5.32 Å². The lowest BCUT2D eigenvalue weighted by Gasteiger charge is -2.21. The van der Waals surface area contributed by atoms with Gasteiger partial charge in [-0.25, -0.2) is 4.98 Å². The van der Waals surface area contributed by atoms with E-state index in [-0.39, 0.29) is 41.9 Å². The predicted octanol–water partition coefficient (Wildman–Crippen LogP) is 5.25. The van der Waals surface area contributed by atoms with Crippen molar-refractivity contribution in [2.75, 3.05) is 0 Å². The first-order chi connectivity index (χ1) is 16.2. The topological polar surface area (TPSA) is 85.8 Å². The van der Waals surface area contributed by atoms with E-state index in [4.69, 9.17) is 4.42 Å². The molecule has 0 bridgehead atoms. The highest BCUT2D eigenvalue weighted by atomic mass is 19.4. The summed E-state index contributed by atoms with van der Waals surface area (Å²) in [7, 11) is 0. The van der Waals surface area contributed by atoms with Crippen molar-refractivity contribution < 1.29 is 48.7 Å². The Labute approximate surface area is 189 Å². The van der Waals surface area contributed by atoms with E-state index in [0.29, 0.717) is 12.5 Å². The second-order valence-corrected chi connectivity index (χ2v) is 7.46. The molecule has 0 radical (unpaired) electrons. The number of aromatic nitrogens is 4. The maximum Gasteiger partial charge on any atom is 0.505 e. The van der Waals surface area contributed by atoms with E-state index in [0.717, 1.165) is 6.20 Å². The number of aryl methyl sites for hydroxylation is 1. The standard InChI is InChI=1S/C19H12F9N5O2/c20-17(21,22)12-6-8(4-5-29-12)16-32-13-10(2-1-3-11(13)35-16)31-15(34)9-7-30-33(19(26,27)28)14(9)18(23,24)25/h4-7,10H,1-3H2,(H,31,34)/t10-/m0/s1. The minimum atomic E-state index is -5.55. The Kier molecular flexibility index (Phi) is 5.79. The molecular weight excluding hydrogens is 501 g/mol. The Morgan fingerprint density at radius 2 is 1.80 bits per heavy atom. The molecule has 1 aliphatic rings. The summed E-state index contributed by atoms with van der Waals surface area (Å²) in [6.45, 7) is 0. The second kappa shape index (κ2) is 8.27. The summed E-state index contributed by atoms with van der Waals surface area (Å²) >= 11 is 0. The van der Waals surface area contributed by atoms with Gasteiger partial charge in [-0.1, -0.05) is 0 Å². The van der Waals surface area contributed by atoms with Crippen LogP contribution in [0.2, 0.25) is 0 Å². The van der Waals surface area contributed by atoms with Gasteiger partial charge in [-0.3, -0.25) is 9.78 Å². The number of rotatable bonds is 3. The molecule has 16 heteroatoms. The van der Waals surface area contributed by atoms with Crippen molar-refractivity contribution in [2.45, 2.75) is 44.0 Å².